The first-order chi connectivity index (χ1) is 17.0. The molecule has 2 fully saturated rings. The van der Waals surface area contributed by atoms with Crippen LogP contribution in [0.25, 0.3) is 11.1 Å². The Balaban J connectivity index is 1.27. The maximum Gasteiger partial charge on any atom is 0.407 e. The van der Waals surface area contributed by atoms with Gasteiger partial charge in [0.25, 0.3) is 0 Å². The third-order valence-corrected chi connectivity index (χ3v) is 9.14. The van der Waals surface area contributed by atoms with E-state index in [4.69, 9.17) is 4.74 Å². The topological polar surface area (TPSA) is 95.9 Å². The van der Waals surface area contributed by atoms with E-state index in [2.05, 4.69) is 29.6 Å². The highest BCUT2D eigenvalue weighted by molar-refractivity contribution is 7.99. The number of carboxylic acids is 1. The lowest BCUT2D eigenvalue weighted by atomic mass is 9.87. The summed E-state index contributed by atoms with van der Waals surface area (Å²) in [7, 11) is 0. The molecular formula is C26H28N2O5S2. The summed E-state index contributed by atoms with van der Waals surface area (Å²) in [6.45, 7) is 0.211. The molecule has 7 nitrogen and oxygen atoms in total. The van der Waals surface area contributed by atoms with E-state index in [1.54, 1.807) is 11.8 Å². The number of nitrogens with one attached hydrogen (secondary N) is 1. The van der Waals surface area contributed by atoms with Crippen LogP contribution in [0, 0.1) is 0 Å². The molecule has 2 aliphatic heterocycles. The molecule has 2 aromatic rings. The second-order valence-electron chi connectivity index (χ2n) is 9.24. The highest BCUT2D eigenvalue weighted by atomic mass is 32.2. The van der Waals surface area contributed by atoms with Crippen LogP contribution in [0.15, 0.2) is 48.5 Å². The highest BCUT2D eigenvalue weighted by Gasteiger charge is 2.42. The summed E-state index contributed by atoms with van der Waals surface area (Å²) < 4.78 is 5.75. The van der Waals surface area contributed by atoms with Gasteiger partial charge in [-0.2, -0.15) is 11.8 Å². The van der Waals surface area contributed by atoms with Crippen LogP contribution in [-0.4, -0.2) is 69.3 Å². The van der Waals surface area contributed by atoms with Crippen LogP contribution < -0.4 is 5.32 Å². The minimum absolute atomic E-state index is 0.0365. The van der Waals surface area contributed by atoms with Crippen molar-refractivity contribution in [1.29, 1.82) is 0 Å². The molecule has 0 radical (unpaired) electrons. The number of carbonyl (C=O) groups excluding carboxylic acids is 2. The summed E-state index contributed by atoms with van der Waals surface area (Å²) in [5.41, 5.74) is 3.90. The van der Waals surface area contributed by atoms with Gasteiger partial charge in [0.05, 0.1) is 17.8 Å². The Labute approximate surface area is 213 Å². The number of rotatable bonds is 6. The van der Waals surface area contributed by atoms with Gasteiger partial charge in [-0.3, -0.25) is 4.79 Å². The van der Waals surface area contributed by atoms with Crippen LogP contribution >= 0.6 is 23.5 Å². The fourth-order valence-electron chi connectivity index (χ4n) is 5.24. The summed E-state index contributed by atoms with van der Waals surface area (Å²) in [5.74, 6) is 1.16. The van der Waals surface area contributed by atoms with Gasteiger partial charge in [0.15, 0.2) is 0 Å². The Hall–Kier alpha value is -2.65. The summed E-state index contributed by atoms with van der Waals surface area (Å²) in [6, 6.07) is 15.6. The Bertz CT molecular complexity index is 1090. The lowest BCUT2D eigenvalue weighted by molar-refractivity contribution is -0.148. The fourth-order valence-corrected chi connectivity index (χ4v) is 7.69. The quantitative estimate of drug-likeness (QED) is 0.600. The monoisotopic (exact) mass is 512 g/mol. The van der Waals surface area contributed by atoms with Gasteiger partial charge in [0, 0.05) is 11.7 Å². The summed E-state index contributed by atoms with van der Waals surface area (Å²) in [6.07, 6.45) is 0.845. The van der Waals surface area contributed by atoms with Crippen molar-refractivity contribution >= 4 is 41.5 Å². The molecule has 35 heavy (non-hydrogen) atoms. The number of aliphatic carboxylic acids is 1. The molecule has 2 aromatic carbocycles. The first kappa shape index (κ1) is 24.1. The van der Waals surface area contributed by atoms with Crippen molar-refractivity contribution in [2.75, 3.05) is 29.7 Å². The first-order valence-electron chi connectivity index (χ1n) is 11.8. The summed E-state index contributed by atoms with van der Waals surface area (Å²) >= 11 is 3.23. The first-order valence-corrected chi connectivity index (χ1v) is 14.1. The molecule has 5 rings (SSSR count). The van der Waals surface area contributed by atoms with E-state index in [1.165, 1.54) is 27.8 Å². The number of alkyl carbamates (subject to hydrolysis) is 1. The van der Waals surface area contributed by atoms with Crippen molar-refractivity contribution < 1.29 is 24.2 Å². The molecule has 1 atom stereocenters. The number of carbonyl (C=O) groups is 3. The molecular weight excluding hydrogens is 484 g/mol. The average Bonchev–Trinajstić information content (AvgIpc) is 3.47. The van der Waals surface area contributed by atoms with Crippen molar-refractivity contribution in [3.63, 3.8) is 0 Å². The smallest absolute Gasteiger partial charge is 0.407 e. The minimum atomic E-state index is -0.985. The Morgan fingerprint density at radius 3 is 2.26 bits per heavy atom. The molecule has 0 bridgehead atoms. The molecule has 2 heterocycles. The van der Waals surface area contributed by atoms with Crippen molar-refractivity contribution in [1.82, 2.24) is 10.2 Å². The van der Waals surface area contributed by atoms with Gasteiger partial charge >= 0.3 is 12.1 Å². The standard InChI is InChI=1S/C26H28N2O5S2/c29-23(28-16-35-15-22(28)24(30)31)13-26(9-11-34-12-10-26)27-25(32)33-14-21-19-7-3-1-5-17(19)18-6-2-4-8-20(18)21/h1-8,21-22H,9-16H2,(H,27,32)(H,30,31)/t22-/m0/s1. The molecule has 184 valence electrons. The van der Waals surface area contributed by atoms with Crippen molar-refractivity contribution in [2.45, 2.75) is 36.8 Å². The third-order valence-electron chi connectivity index (χ3n) is 7.14. The van der Waals surface area contributed by atoms with E-state index >= 15 is 0 Å². The SMILES string of the molecule is O=C(NC1(CC(=O)N2CSC[C@H]2C(=O)O)CCSCC1)OCC1c2ccccc2-c2ccccc21. The Morgan fingerprint density at radius 2 is 1.63 bits per heavy atom. The van der Waals surface area contributed by atoms with Crippen LogP contribution in [0.3, 0.4) is 0 Å². The van der Waals surface area contributed by atoms with E-state index in [9.17, 15) is 19.5 Å². The largest absolute Gasteiger partial charge is 0.480 e. The van der Waals surface area contributed by atoms with E-state index in [-0.39, 0.29) is 24.9 Å². The Kier molecular flexibility index (Phi) is 6.98. The minimum Gasteiger partial charge on any atom is -0.480 e. The third kappa shape index (κ3) is 4.89. The van der Waals surface area contributed by atoms with Crippen LogP contribution in [0.1, 0.15) is 36.3 Å². The molecule has 2 saturated heterocycles. The van der Waals surface area contributed by atoms with Crippen LogP contribution in [-0.2, 0) is 14.3 Å². The molecule has 2 amide bonds. The molecule has 0 aromatic heterocycles. The Morgan fingerprint density at radius 1 is 1.00 bits per heavy atom. The van der Waals surface area contributed by atoms with E-state index in [0.717, 1.165) is 22.6 Å². The number of fused-ring (bicyclic) bond motifs is 3. The van der Waals surface area contributed by atoms with E-state index in [0.29, 0.717) is 24.5 Å². The van der Waals surface area contributed by atoms with Crippen molar-refractivity contribution in [3.8, 4) is 11.1 Å². The number of carboxylic acid groups (broad SMARTS) is 1. The number of thioether (sulfide) groups is 2. The zero-order valence-electron chi connectivity index (χ0n) is 19.3. The maximum atomic E-state index is 13.1. The van der Waals surface area contributed by atoms with Crippen LogP contribution in [0.4, 0.5) is 4.79 Å². The van der Waals surface area contributed by atoms with Gasteiger partial charge in [-0.1, -0.05) is 48.5 Å². The summed E-state index contributed by atoms with van der Waals surface area (Å²) in [5, 5.41) is 12.5. The summed E-state index contributed by atoms with van der Waals surface area (Å²) in [4.78, 5) is 39.1. The van der Waals surface area contributed by atoms with Gasteiger partial charge in [0.1, 0.15) is 12.6 Å². The highest BCUT2D eigenvalue weighted by Crippen LogP contribution is 2.44. The fraction of sp³-hybridized carbons (Fsp3) is 0.423. The predicted octanol–water partition coefficient (Wildman–Crippen LogP) is 4.17. The van der Waals surface area contributed by atoms with Crippen molar-refractivity contribution in [2.24, 2.45) is 0 Å². The van der Waals surface area contributed by atoms with Gasteiger partial charge in [-0.15, -0.1) is 11.8 Å². The molecule has 9 heteroatoms. The molecule has 0 spiro atoms. The van der Waals surface area contributed by atoms with Gasteiger partial charge in [-0.25, -0.2) is 9.59 Å². The maximum absolute atomic E-state index is 13.1. The van der Waals surface area contributed by atoms with Crippen molar-refractivity contribution in [3.05, 3.63) is 59.7 Å². The predicted molar refractivity (Wildman–Crippen MR) is 138 cm³/mol. The molecule has 3 aliphatic rings. The number of nitrogens with zero attached hydrogens (tertiary/aromatic N) is 1. The normalized spacial score (nSPS) is 20.7. The average molecular weight is 513 g/mol. The van der Waals surface area contributed by atoms with Gasteiger partial charge < -0.3 is 20.1 Å². The number of ether oxygens (including phenoxy) is 1. The number of hydrogen-bond donors (Lipinski definition) is 2. The second-order valence-corrected chi connectivity index (χ2v) is 11.5. The lowest BCUT2D eigenvalue weighted by Crippen LogP contribution is -2.55. The van der Waals surface area contributed by atoms with Gasteiger partial charge in [-0.05, 0) is 46.6 Å². The molecule has 2 N–H and O–H groups in total. The molecule has 0 unspecified atom stereocenters. The van der Waals surface area contributed by atoms with E-state index < -0.39 is 23.6 Å². The second kappa shape index (κ2) is 10.1. The number of benzene rings is 2. The number of amides is 2. The van der Waals surface area contributed by atoms with Crippen LogP contribution in [0.2, 0.25) is 0 Å². The zero-order chi connectivity index (χ0) is 24.4. The number of hydrogen-bond acceptors (Lipinski definition) is 6. The van der Waals surface area contributed by atoms with Crippen LogP contribution in [0.5, 0.6) is 0 Å². The molecule has 1 aliphatic carbocycles. The zero-order valence-corrected chi connectivity index (χ0v) is 20.9. The lowest BCUT2D eigenvalue weighted by Gasteiger charge is -2.38. The molecule has 0 saturated carbocycles. The van der Waals surface area contributed by atoms with E-state index in [1.807, 2.05) is 24.3 Å². The van der Waals surface area contributed by atoms with Gasteiger partial charge in [0.2, 0.25) is 5.91 Å².